The van der Waals surface area contributed by atoms with Crippen LogP contribution in [0.4, 0.5) is 5.13 Å². The number of carbonyl (C=O) groups excluding carboxylic acids is 3. The van der Waals surface area contributed by atoms with E-state index >= 15 is 0 Å². The first kappa shape index (κ1) is 29.4. The molecule has 1 aromatic heterocycles. The third kappa shape index (κ3) is 8.99. The SMILES string of the molecule is Cc1ccc(C(=O)N(CC(=O)Nc2nc(CC(=O)NC3CCN(Cc4ccccc4)CC3)cs2)CC(C)C)cc1. The van der Waals surface area contributed by atoms with Crippen LogP contribution in [0.1, 0.15) is 53.9 Å². The zero-order valence-corrected chi connectivity index (χ0v) is 24.4. The summed E-state index contributed by atoms with van der Waals surface area (Å²) in [7, 11) is 0. The van der Waals surface area contributed by atoms with Crippen LogP contribution in [-0.4, -0.2) is 64.7 Å². The maximum atomic E-state index is 13.1. The van der Waals surface area contributed by atoms with Crippen molar-refractivity contribution in [3.05, 3.63) is 82.4 Å². The molecular weight excluding hydrogens is 522 g/mol. The minimum atomic E-state index is -0.311. The van der Waals surface area contributed by atoms with Gasteiger partial charge in [-0.3, -0.25) is 19.3 Å². The summed E-state index contributed by atoms with van der Waals surface area (Å²) in [5.74, 6) is -0.334. The van der Waals surface area contributed by atoms with Gasteiger partial charge in [0.25, 0.3) is 5.91 Å². The number of amides is 3. The number of anilines is 1. The third-order valence-corrected chi connectivity index (χ3v) is 7.65. The summed E-state index contributed by atoms with van der Waals surface area (Å²) in [4.78, 5) is 47.0. The molecule has 0 saturated carbocycles. The Morgan fingerprint density at radius 2 is 1.73 bits per heavy atom. The Morgan fingerprint density at radius 3 is 2.40 bits per heavy atom. The van der Waals surface area contributed by atoms with Gasteiger partial charge in [0, 0.05) is 43.2 Å². The van der Waals surface area contributed by atoms with Crippen LogP contribution in [0.5, 0.6) is 0 Å². The maximum Gasteiger partial charge on any atom is 0.254 e. The van der Waals surface area contributed by atoms with E-state index in [1.807, 2.05) is 39.0 Å². The van der Waals surface area contributed by atoms with Crippen molar-refractivity contribution in [2.24, 2.45) is 5.92 Å². The first-order valence-electron chi connectivity index (χ1n) is 13.9. The standard InChI is InChI=1S/C31H39N5O3S/c1-22(2)18-36(30(39)25-11-9-23(3)10-12-25)20-29(38)34-31-33-27(21-40-31)17-28(37)32-26-13-15-35(16-14-26)19-24-7-5-4-6-8-24/h4-12,21-22,26H,13-20H2,1-3H3,(H,32,37)(H,33,34,38). The molecule has 0 radical (unpaired) electrons. The molecule has 1 aliphatic heterocycles. The molecular formula is C31H39N5O3S. The van der Waals surface area contributed by atoms with E-state index < -0.39 is 0 Å². The smallest absolute Gasteiger partial charge is 0.254 e. The van der Waals surface area contributed by atoms with Crippen molar-refractivity contribution in [1.29, 1.82) is 0 Å². The van der Waals surface area contributed by atoms with E-state index in [1.54, 1.807) is 22.4 Å². The molecule has 3 amide bonds. The molecule has 4 rings (SSSR count). The van der Waals surface area contributed by atoms with Crippen LogP contribution in [0.15, 0.2) is 60.0 Å². The highest BCUT2D eigenvalue weighted by molar-refractivity contribution is 7.13. The first-order valence-corrected chi connectivity index (χ1v) is 14.8. The average molecular weight is 562 g/mol. The number of nitrogens with one attached hydrogen (secondary N) is 2. The monoisotopic (exact) mass is 561 g/mol. The van der Waals surface area contributed by atoms with Crippen LogP contribution in [0.2, 0.25) is 0 Å². The van der Waals surface area contributed by atoms with Gasteiger partial charge in [0.05, 0.1) is 12.1 Å². The summed E-state index contributed by atoms with van der Waals surface area (Å²) in [6.45, 7) is 9.23. The summed E-state index contributed by atoms with van der Waals surface area (Å²) < 4.78 is 0. The van der Waals surface area contributed by atoms with Crippen LogP contribution < -0.4 is 10.6 Å². The lowest BCUT2D eigenvalue weighted by molar-refractivity contribution is -0.121. The van der Waals surface area contributed by atoms with Crippen molar-refractivity contribution in [1.82, 2.24) is 20.1 Å². The van der Waals surface area contributed by atoms with Gasteiger partial charge in [-0.2, -0.15) is 0 Å². The van der Waals surface area contributed by atoms with Crippen LogP contribution in [0, 0.1) is 12.8 Å². The number of hydrogen-bond donors (Lipinski definition) is 2. The van der Waals surface area contributed by atoms with Crippen molar-refractivity contribution < 1.29 is 14.4 Å². The highest BCUT2D eigenvalue weighted by Crippen LogP contribution is 2.18. The molecule has 1 aliphatic rings. The first-order chi connectivity index (χ1) is 19.2. The molecule has 0 spiro atoms. The second-order valence-electron chi connectivity index (χ2n) is 10.9. The van der Waals surface area contributed by atoms with Crippen molar-refractivity contribution in [3.8, 4) is 0 Å². The highest BCUT2D eigenvalue weighted by atomic mass is 32.1. The van der Waals surface area contributed by atoms with Crippen LogP contribution in [-0.2, 0) is 22.6 Å². The number of nitrogens with zero attached hydrogens (tertiary/aromatic N) is 3. The number of aromatic nitrogens is 1. The van der Waals surface area contributed by atoms with Gasteiger partial charge in [0.2, 0.25) is 11.8 Å². The number of likely N-dealkylation sites (tertiary alicyclic amines) is 1. The molecule has 1 fully saturated rings. The second-order valence-corrected chi connectivity index (χ2v) is 11.8. The number of rotatable bonds is 11. The van der Waals surface area contributed by atoms with Gasteiger partial charge in [-0.1, -0.05) is 61.9 Å². The Labute approximate surface area is 240 Å². The molecule has 0 aliphatic carbocycles. The fourth-order valence-corrected chi connectivity index (χ4v) is 5.56. The molecule has 2 aromatic carbocycles. The summed E-state index contributed by atoms with van der Waals surface area (Å²) in [6, 6.07) is 18.0. The Bertz CT molecular complexity index is 1270. The zero-order valence-electron chi connectivity index (χ0n) is 23.6. The second kappa shape index (κ2) is 14.2. The van der Waals surface area contributed by atoms with E-state index in [1.165, 1.54) is 16.9 Å². The number of benzene rings is 2. The predicted molar refractivity (Wildman–Crippen MR) is 159 cm³/mol. The van der Waals surface area contributed by atoms with E-state index in [-0.39, 0.29) is 42.6 Å². The van der Waals surface area contributed by atoms with E-state index in [0.717, 1.165) is 38.0 Å². The Morgan fingerprint density at radius 1 is 1.02 bits per heavy atom. The van der Waals surface area contributed by atoms with Crippen LogP contribution in [0.25, 0.3) is 0 Å². The summed E-state index contributed by atoms with van der Waals surface area (Å²) in [6.07, 6.45) is 2.01. The predicted octanol–water partition coefficient (Wildman–Crippen LogP) is 4.51. The van der Waals surface area contributed by atoms with Crippen molar-refractivity contribution in [3.63, 3.8) is 0 Å². The molecule has 9 heteroatoms. The number of hydrogen-bond acceptors (Lipinski definition) is 6. The number of piperidine rings is 1. The van der Waals surface area contributed by atoms with Crippen molar-refractivity contribution in [2.75, 3.05) is 31.5 Å². The fraction of sp³-hybridized carbons (Fsp3) is 0.419. The zero-order chi connectivity index (χ0) is 28.5. The van der Waals surface area contributed by atoms with E-state index in [2.05, 4.69) is 44.8 Å². The summed E-state index contributed by atoms with van der Waals surface area (Å²) in [5.41, 5.74) is 3.56. The van der Waals surface area contributed by atoms with Gasteiger partial charge >= 0.3 is 0 Å². The lowest BCUT2D eigenvalue weighted by Crippen LogP contribution is -2.44. The van der Waals surface area contributed by atoms with Gasteiger partial charge in [-0.15, -0.1) is 11.3 Å². The van der Waals surface area contributed by atoms with Crippen molar-refractivity contribution >= 4 is 34.2 Å². The molecule has 0 unspecified atom stereocenters. The lowest BCUT2D eigenvalue weighted by Gasteiger charge is -2.32. The van der Waals surface area contributed by atoms with Gasteiger partial charge < -0.3 is 15.5 Å². The Balaban J connectivity index is 1.22. The maximum absolute atomic E-state index is 13.1. The van der Waals surface area contributed by atoms with Gasteiger partial charge in [0.1, 0.15) is 6.54 Å². The van der Waals surface area contributed by atoms with Gasteiger partial charge in [-0.05, 0) is 43.4 Å². The molecule has 3 aromatic rings. The van der Waals surface area contributed by atoms with Crippen molar-refractivity contribution in [2.45, 2.75) is 52.6 Å². The summed E-state index contributed by atoms with van der Waals surface area (Å²) in [5, 5.41) is 8.16. The van der Waals surface area contributed by atoms with Gasteiger partial charge in [0.15, 0.2) is 5.13 Å². The molecule has 2 heterocycles. The molecule has 8 nitrogen and oxygen atoms in total. The number of aryl methyl sites for hydroxylation is 1. The molecule has 40 heavy (non-hydrogen) atoms. The minimum Gasteiger partial charge on any atom is -0.353 e. The lowest BCUT2D eigenvalue weighted by atomic mass is 10.0. The minimum absolute atomic E-state index is 0.0588. The highest BCUT2D eigenvalue weighted by Gasteiger charge is 2.22. The molecule has 0 atom stereocenters. The Hall–Kier alpha value is -3.56. The molecule has 2 N–H and O–H groups in total. The van der Waals surface area contributed by atoms with Crippen LogP contribution in [0.3, 0.4) is 0 Å². The molecule has 1 saturated heterocycles. The Kier molecular flexibility index (Phi) is 10.4. The normalized spacial score (nSPS) is 14.2. The summed E-state index contributed by atoms with van der Waals surface area (Å²) >= 11 is 1.28. The topological polar surface area (TPSA) is 94.6 Å². The average Bonchev–Trinajstić information content (AvgIpc) is 3.36. The van der Waals surface area contributed by atoms with E-state index in [0.29, 0.717) is 22.9 Å². The van der Waals surface area contributed by atoms with E-state index in [9.17, 15) is 14.4 Å². The number of carbonyl (C=O) groups is 3. The van der Waals surface area contributed by atoms with Gasteiger partial charge in [-0.25, -0.2) is 4.98 Å². The van der Waals surface area contributed by atoms with E-state index in [4.69, 9.17) is 0 Å². The third-order valence-electron chi connectivity index (χ3n) is 6.85. The molecule has 212 valence electrons. The molecule has 0 bridgehead atoms. The fourth-order valence-electron chi connectivity index (χ4n) is 4.84. The largest absolute Gasteiger partial charge is 0.353 e. The number of thiazole rings is 1. The van der Waals surface area contributed by atoms with Crippen LogP contribution >= 0.6 is 11.3 Å². The quantitative estimate of drug-likeness (QED) is 0.359.